The van der Waals surface area contributed by atoms with Crippen molar-refractivity contribution in [3.05, 3.63) is 0 Å². The van der Waals surface area contributed by atoms with Crippen LogP contribution in [0.5, 0.6) is 0 Å². The van der Waals surface area contributed by atoms with E-state index in [1.54, 1.807) is 13.8 Å². The number of hydrogen-bond acceptors (Lipinski definition) is 4. The Kier molecular flexibility index (Phi) is 4.95. The minimum Gasteiger partial charge on any atom is -0.465 e. The minimum atomic E-state index is -0.902. The second kappa shape index (κ2) is 5.19. The third-order valence-corrected chi connectivity index (χ3v) is 1.88. The summed E-state index contributed by atoms with van der Waals surface area (Å²) in [6, 6.07) is 0. The van der Waals surface area contributed by atoms with Gasteiger partial charge in [0.05, 0.1) is 6.61 Å². The van der Waals surface area contributed by atoms with Crippen molar-refractivity contribution in [3.8, 4) is 0 Å². The van der Waals surface area contributed by atoms with Gasteiger partial charge >= 0.3 is 5.97 Å². The average Bonchev–Trinajstić information content (AvgIpc) is 2.04. The van der Waals surface area contributed by atoms with Gasteiger partial charge in [-0.05, 0) is 27.4 Å². The first-order chi connectivity index (χ1) is 5.94. The van der Waals surface area contributed by atoms with Gasteiger partial charge in [0, 0.05) is 6.54 Å². The molecule has 0 radical (unpaired) electrons. The average molecular weight is 188 g/mol. The van der Waals surface area contributed by atoms with Crippen LogP contribution in [0.2, 0.25) is 0 Å². The fourth-order valence-corrected chi connectivity index (χ4v) is 1.03. The number of rotatable bonds is 5. The Morgan fingerprint density at radius 3 is 2.46 bits per heavy atom. The fourth-order valence-electron chi connectivity index (χ4n) is 1.03. The first-order valence-corrected chi connectivity index (χ1v) is 4.58. The summed E-state index contributed by atoms with van der Waals surface area (Å²) < 4.78 is 4.86. The summed E-state index contributed by atoms with van der Waals surface area (Å²) in [6.45, 7) is 7.24. The Morgan fingerprint density at radius 2 is 2.08 bits per heavy atom. The van der Waals surface area contributed by atoms with Crippen LogP contribution in [0.3, 0.4) is 0 Å². The smallest absolute Gasteiger partial charge is 0.327 e. The lowest BCUT2D eigenvalue weighted by Crippen LogP contribution is -2.53. The van der Waals surface area contributed by atoms with Gasteiger partial charge in [0.25, 0.3) is 0 Å². The molecule has 1 unspecified atom stereocenters. The Bertz CT molecular complexity index is 169. The number of ether oxygens (including phenoxy) is 1. The Labute approximate surface area is 80.0 Å². The van der Waals surface area contributed by atoms with E-state index in [1.807, 2.05) is 18.9 Å². The summed E-state index contributed by atoms with van der Waals surface area (Å²) >= 11 is 0. The van der Waals surface area contributed by atoms with Crippen molar-refractivity contribution in [3.63, 3.8) is 0 Å². The van der Waals surface area contributed by atoms with E-state index in [4.69, 9.17) is 10.5 Å². The first-order valence-electron chi connectivity index (χ1n) is 4.58. The second-order valence-corrected chi connectivity index (χ2v) is 3.47. The molecule has 0 fully saturated rings. The van der Waals surface area contributed by atoms with Crippen LogP contribution in [0.4, 0.5) is 0 Å². The molecular weight excluding hydrogens is 168 g/mol. The highest BCUT2D eigenvalue weighted by atomic mass is 16.5. The lowest BCUT2D eigenvalue weighted by molar-refractivity contribution is -0.149. The number of nitrogens with zero attached hydrogens (tertiary/aromatic N) is 1. The van der Waals surface area contributed by atoms with Gasteiger partial charge in [0.2, 0.25) is 0 Å². The van der Waals surface area contributed by atoms with Gasteiger partial charge in [-0.15, -0.1) is 0 Å². The summed E-state index contributed by atoms with van der Waals surface area (Å²) in [5.74, 6) is -0.338. The highest BCUT2D eigenvalue weighted by molar-refractivity contribution is 5.80. The van der Waals surface area contributed by atoms with E-state index in [-0.39, 0.29) is 5.97 Å². The van der Waals surface area contributed by atoms with Crippen LogP contribution in [0.25, 0.3) is 0 Å². The van der Waals surface area contributed by atoms with Crippen molar-refractivity contribution < 1.29 is 9.53 Å². The lowest BCUT2D eigenvalue weighted by atomic mass is 10.0. The molecule has 0 bridgehead atoms. The maximum absolute atomic E-state index is 11.3. The Balaban J connectivity index is 4.13. The molecule has 0 heterocycles. The van der Waals surface area contributed by atoms with Crippen molar-refractivity contribution in [1.29, 1.82) is 0 Å². The quantitative estimate of drug-likeness (QED) is 0.627. The van der Waals surface area contributed by atoms with Crippen molar-refractivity contribution in [1.82, 2.24) is 4.90 Å². The van der Waals surface area contributed by atoms with Crippen molar-refractivity contribution >= 4 is 5.97 Å². The molecule has 1 atom stereocenters. The minimum absolute atomic E-state index is 0.338. The molecule has 0 aliphatic carbocycles. The van der Waals surface area contributed by atoms with E-state index in [2.05, 4.69) is 0 Å². The summed E-state index contributed by atoms with van der Waals surface area (Å²) in [5.41, 5.74) is 4.90. The molecule has 0 aromatic heterocycles. The SMILES string of the molecule is CCOC(=O)C(C)(N)CN(C)CC. The zero-order valence-corrected chi connectivity index (χ0v) is 8.96. The molecule has 0 rings (SSSR count). The molecule has 78 valence electrons. The van der Waals surface area contributed by atoms with Gasteiger partial charge in [0.1, 0.15) is 5.54 Å². The lowest BCUT2D eigenvalue weighted by Gasteiger charge is -2.27. The molecule has 0 saturated heterocycles. The summed E-state index contributed by atoms with van der Waals surface area (Å²) in [4.78, 5) is 13.3. The molecule has 0 saturated carbocycles. The van der Waals surface area contributed by atoms with E-state index < -0.39 is 5.54 Å². The first kappa shape index (κ1) is 12.4. The maximum Gasteiger partial charge on any atom is 0.327 e. The highest BCUT2D eigenvalue weighted by Gasteiger charge is 2.30. The van der Waals surface area contributed by atoms with Crippen molar-refractivity contribution in [2.75, 3.05) is 26.7 Å². The number of likely N-dealkylation sites (N-methyl/N-ethyl adjacent to an activating group) is 1. The Morgan fingerprint density at radius 1 is 1.54 bits per heavy atom. The van der Waals surface area contributed by atoms with Gasteiger partial charge in [-0.25, -0.2) is 0 Å². The zero-order valence-electron chi connectivity index (χ0n) is 8.96. The van der Waals surface area contributed by atoms with Gasteiger partial charge in [0.15, 0.2) is 0 Å². The summed E-state index contributed by atoms with van der Waals surface area (Å²) in [7, 11) is 1.92. The van der Waals surface area contributed by atoms with E-state index in [1.165, 1.54) is 0 Å². The molecular formula is C9H20N2O2. The monoisotopic (exact) mass is 188 g/mol. The van der Waals surface area contributed by atoms with Crippen molar-refractivity contribution in [2.45, 2.75) is 26.3 Å². The topological polar surface area (TPSA) is 55.6 Å². The van der Waals surface area contributed by atoms with Gasteiger partial charge in [-0.3, -0.25) is 4.79 Å². The molecule has 0 aliphatic rings. The predicted molar refractivity (Wildman–Crippen MR) is 52.4 cm³/mol. The number of carbonyl (C=O) groups is 1. The van der Waals surface area contributed by atoms with E-state index in [0.29, 0.717) is 13.2 Å². The van der Waals surface area contributed by atoms with Crippen LogP contribution in [-0.4, -0.2) is 43.2 Å². The molecule has 0 aliphatic heterocycles. The molecule has 0 amide bonds. The molecule has 0 spiro atoms. The van der Waals surface area contributed by atoms with Gasteiger partial charge in [-0.2, -0.15) is 0 Å². The van der Waals surface area contributed by atoms with Crippen LogP contribution in [-0.2, 0) is 9.53 Å². The normalized spacial score (nSPS) is 15.5. The van der Waals surface area contributed by atoms with E-state index in [0.717, 1.165) is 6.54 Å². The molecule has 2 N–H and O–H groups in total. The van der Waals surface area contributed by atoms with Crippen LogP contribution < -0.4 is 5.73 Å². The zero-order chi connectivity index (χ0) is 10.5. The molecule has 0 aromatic rings. The van der Waals surface area contributed by atoms with Crippen LogP contribution >= 0.6 is 0 Å². The predicted octanol–water partition coefficient (Wildman–Crippen LogP) is 0.219. The van der Waals surface area contributed by atoms with E-state index in [9.17, 15) is 4.79 Å². The maximum atomic E-state index is 11.3. The van der Waals surface area contributed by atoms with Crippen LogP contribution in [0, 0.1) is 0 Å². The van der Waals surface area contributed by atoms with Gasteiger partial charge in [-0.1, -0.05) is 6.92 Å². The second-order valence-electron chi connectivity index (χ2n) is 3.47. The largest absolute Gasteiger partial charge is 0.465 e. The third-order valence-electron chi connectivity index (χ3n) is 1.88. The molecule has 4 heteroatoms. The Hall–Kier alpha value is -0.610. The van der Waals surface area contributed by atoms with Gasteiger partial charge < -0.3 is 15.4 Å². The molecule has 4 nitrogen and oxygen atoms in total. The van der Waals surface area contributed by atoms with Crippen LogP contribution in [0.1, 0.15) is 20.8 Å². The van der Waals surface area contributed by atoms with Crippen LogP contribution in [0.15, 0.2) is 0 Å². The summed E-state index contributed by atoms with van der Waals surface area (Å²) in [6.07, 6.45) is 0. The number of hydrogen-bond donors (Lipinski definition) is 1. The highest BCUT2D eigenvalue weighted by Crippen LogP contribution is 2.04. The number of nitrogens with two attached hydrogens (primary N) is 1. The summed E-state index contributed by atoms with van der Waals surface area (Å²) in [5, 5.41) is 0. The fraction of sp³-hybridized carbons (Fsp3) is 0.889. The molecule has 0 aromatic carbocycles. The molecule has 13 heavy (non-hydrogen) atoms. The van der Waals surface area contributed by atoms with E-state index >= 15 is 0 Å². The van der Waals surface area contributed by atoms with Crippen molar-refractivity contribution in [2.24, 2.45) is 5.73 Å². The number of carbonyl (C=O) groups excluding carboxylic acids is 1. The number of esters is 1. The standard InChI is InChI=1S/C9H20N2O2/c1-5-11(4)7-9(3,10)8(12)13-6-2/h5-7,10H2,1-4H3. The third kappa shape index (κ3) is 4.24.